The zero-order valence-electron chi connectivity index (χ0n) is 18.0. The molecule has 0 unspecified atom stereocenters. The van der Waals surface area contributed by atoms with Gasteiger partial charge in [-0.05, 0) is 55.5 Å². The molecule has 0 atom stereocenters. The highest BCUT2D eigenvalue weighted by Gasteiger charge is 2.11. The van der Waals surface area contributed by atoms with Crippen molar-refractivity contribution in [2.24, 2.45) is 0 Å². The average molecular weight is 445 g/mol. The van der Waals surface area contributed by atoms with Crippen LogP contribution in [0.25, 0.3) is 11.5 Å². The van der Waals surface area contributed by atoms with Crippen LogP contribution in [0.4, 0.5) is 16.2 Å². The summed E-state index contributed by atoms with van der Waals surface area (Å²) in [4.78, 5) is 24.2. The molecular weight excluding hydrogens is 422 g/mol. The van der Waals surface area contributed by atoms with Crippen molar-refractivity contribution >= 4 is 23.3 Å². The van der Waals surface area contributed by atoms with Crippen molar-refractivity contribution in [3.63, 3.8) is 0 Å². The number of aryl methyl sites for hydroxylation is 2. The number of furan rings is 1. The Morgan fingerprint density at radius 1 is 0.909 bits per heavy atom. The number of carbonyl (C=O) groups is 2. The fraction of sp³-hybridized carbons (Fsp3) is 0.167. The quantitative estimate of drug-likeness (QED) is 0.366. The largest absolute Gasteiger partial charge is 0.467 e. The van der Waals surface area contributed by atoms with E-state index in [2.05, 4.69) is 26.1 Å². The maximum Gasteiger partial charge on any atom is 0.319 e. The van der Waals surface area contributed by atoms with E-state index < -0.39 is 0 Å². The molecule has 33 heavy (non-hydrogen) atoms. The van der Waals surface area contributed by atoms with Gasteiger partial charge < -0.3 is 24.8 Å². The number of rotatable bonds is 8. The van der Waals surface area contributed by atoms with Crippen molar-refractivity contribution in [1.82, 2.24) is 15.5 Å². The second kappa shape index (κ2) is 10.3. The fourth-order valence-corrected chi connectivity index (χ4v) is 3.00. The third-order valence-corrected chi connectivity index (χ3v) is 4.76. The zero-order chi connectivity index (χ0) is 23.0. The monoisotopic (exact) mass is 445 g/mol. The van der Waals surface area contributed by atoms with Crippen molar-refractivity contribution < 1.29 is 18.4 Å². The van der Waals surface area contributed by atoms with Gasteiger partial charge in [0.15, 0.2) is 0 Å². The van der Waals surface area contributed by atoms with Gasteiger partial charge in [-0.1, -0.05) is 17.7 Å². The molecule has 0 spiro atoms. The number of hydrogen-bond donors (Lipinski definition) is 3. The predicted molar refractivity (Wildman–Crippen MR) is 122 cm³/mol. The molecule has 9 nitrogen and oxygen atoms in total. The van der Waals surface area contributed by atoms with Crippen LogP contribution in [0, 0.1) is 6.92 Å². The lowest BCUT2D eigenvalue weighted by molar-refractivity contribution is -0.116. The molecule has 2 aromatic carbocycles. The van der Waals surface area contributed by atoms with E-state index in [-0.39, 0.29) is 18.4 Å². The van der Waals surface area contributed by atoms with Crippen LogP contribution in [0.2, 0.25) is 0 Å². The molecule has 4 rings (SSSR count). The Labute approximate surface area is 190 Å². The summed E-state index contributed by atoms with van der Waals surface area (Å²) in [7, 11) is 0. The van der Waals surface area contributed by atoms with E-state index in [4.69, 9.17) is 8.83 Å². The first-order valence-electron chi connectivity index (χ1n) is 10.4. The number of nitrogens with zero attached hydrogens (tertiary/aromatic N) is 2. The van der Waals surface area contributed by atoms with Crippen LogP contribution >= 0.6 is 0 Å². The molecule has 0 saturated heterocycles. The molecule has 3 N–H and O–H groups in total. The third kappa shape index (κ3) is 6.30. The number of benzene rings is 2. The highest BCUT2D eigenvalue weighted by Crippen LogP contribution is 2.19. The van der Waals surface area contributed by atoms with Crippen LogP contribution in [-0.2, 0) is 17.8 Å². The summed E-state index contributed by atoms with van der Waals surface area (Å²) in [6, 6.07) is 17.8. The van der Waals surface area contributed by atoms with Gasteiger partial charge in [0.2, 0.25) is 17.7 Å². The molecule has 0 fully saturated rings. The average Bonchev–Trinajstić information content (AvgIpc) is 3.51. The van der Waals surface area contributed by atoms with Crippen LogP contribution in [0.15, 0.2) is 75.8 Å². The van der Waals surface area contributed by atoms with Gasteiger partial charge in [-0.3, -0.25) is 4.79 Å². The first-order chi connectivity index (χ1) is 16.0. The maximum absolute atomic E-state index is 12.3. The van der Waals surface area contributed by atoms with Gasteiger partial charge in [-0.2, -0.15) is 0 Å². The number of carbonyl (C=O) groups excluding carboxylic acids is 2. The van der Waals surface area contributed by atoms with E-state index in [0.717, 1.165) is 11.1 Å². The minimum absolute atomic E-state index is 0.179. The summed E-state index contributed by atoms with van der Waals surface area (Å²) in [6.07, 6.45) is 2.08. The van der Waals surface area contributed by atoms with Gasteiger partial charge in [0.1, 0.15) is 5.76 Å². The van der Waals surface area contributed by atoms with E-state index in [9.17, 15) is 9.59 Å². The summed E-state index contributed by atoms with van der Waals surface area (Å²) in [6.45, 7) is 2.30. The molecule has 0 radical (unpaired) electrons. The molecular formula is C24H23N5O4. The van der Waals surface area contributed by atoms with Gasteiger partial charge in [-0.15, -0.1) is 10.2 Å². The lowest BCUT2D eigenvalue weighted by atomic mass is 10.1. The SMILES string of the molecule is Cc1ccc(-c2nnc(CCC(=O)Nc3ccc(NC(=O)NCc4ccco4)cc3)o2)cc1. The number of anilines is 2. The van der Waals surface area contributed by atoms with Gasteiger partial charge >= 0.3 is 6.03 Å². The molecule has 0 aliphatic heterocycles. The minimum atomic E-state index is -0.354. The molecule has 168 valence electrons. The first-order valence-corrected chi connectivity index (χ1v) is 10.4. The van der Waals surface area contributed by atoms with E-state index in [1.807, 2.05) is 31.2 Å². The summed E-state index contributed by atoms with van der Waals surface area (Å²) >= 11 is 0. The normalized spacial score (nSPS) is 10.6. The first kappa shape index (κ1) is 21.8. The highest BCUT2D eigenvalue weighted by atomic mass is 16.4. The molecule has 2 heterocycles. The van der Waals surface area contributed by atoms with Crippen LogP contribution in [0.3, 0.4) is 0 Å². The molecule has 9 heteroatoms. The van der Waals surface area contributed by atoms with E-state index in [0.29, 0.717) is 41.9 Å². The van der Waals surface area contributed by atoms with Crippen LogP contribution in [0.5, 0.6) is 0 Å². The Kier molecular flexibility index (Phi) is 6.79. The lowest BCUT2D eigenvalue weighted by Gasteiger charge is -2.08. The predicted octanol–water partition coefficient (Wildman–Crippen LogP) is 4.53. The lowest BCUT2D eigenvalue weighted by Crippen LogP contribution is -2.27. The molecule has 0 aliphatic rings. The van der Waals surface area contributed by atoms with Gasteiger partial charge in [0.25, 0.3) is 0 Å². The van der Waals surface area contributed by atoms with Crippen LogP contribution in [0.1, 0.15) is 23.6 Å². The molecule has 2 aromatic heterocycles. The van der Waals surface area contributed by atoms with E-state index >= 15 is 0 Å². The molecule has 0 aliphatic carbocycles. The minimum Gasteiger partial charge on any atom is -0.467 e. The number of aromatic nitrogens is 2. The number of nitrogens with one attached hydrogen (secondary N) is 3. The Hall–Kier alpha value is -4.40. The Morgan fingerprint density at radius 3 is 2.33 bits per heavy atom. The van der Waals surface area contributed by atoms with Crippen molar-refractivity contribution in [3.8, 4) is 11.5 Å². The van der Waals surface area contributed by atoms with Crippen molar-refractivity contribution in [1.29, 1.82) is 0 Å². The topological polar surface area (TPSA) is 122 Å². The molecule has 4 aromatic rings. The second-order valence-electron chi connectivity index (χ2n) is 7.38. The number of urea groups is 1. The summed E-state index contributed by atoms with van der Waals surface area (Å²) in [5.74, 6) is 1.32. The van der Waals surface area contributed by atoms with Crippen LogP contribution < -0.4 is 16.0 Å². The summed E-state index contributed by atoms with van der Waals surface area (Å²) in [5.41, 5.74) is 3.20. The highest BCUT2D eigenvalue weighted by molar-refractivity contribution is 5.92. The van der Waals surface area contributed by atoms with Crippen molar-refractivity contribution in [3.05, 3.63) is 84.1 Å². The van der Waals surface area contributed by atoms with Crippen molar-refractivity contribution in [2.45, 2.75) is 26.3 Å². The van der Waals surface area contributed by atoms with Gasteiger partial charge in [0.05, 0.1) is 12.8 Å². The third-order valence-electron chi connectivity index (χ3n) is 4.76. The van der Waals surface area contributed by atoms with Crippen molar-refractivity contribution in [2.75, 3.05) is 10.6 Å². The Bertz CT molecular complexity index is 1200. The standard InChI is InChI=1S/C24H23N5O4/c1-16-4-6-17(7-5-16)23-29-28-22(33-23)13-12-21(30)26-18-8-10-19(11-9-18)27-24(31)25-15-20-3-2-14-32-20/h2-11,14H,12-13,15H2,1H3,(H,26,30)(H2,25,27,31). The fourth-order valence-electron chi connectivity index (χ4n) is 3.00. The summed E-state index contributed by atoms with van der Waals surface area (Å²) < 4.78 is 10.8. The smallest absolute Gasteiger partial charge is 0.319 e. The number of amides is 3. The Balaban J connectivity index is 1.22. The molecule has 0 bridgehead atoms. The molecule has 3 amide bonds. The molecule has 0 saturated carbocycles. The van der Waals surface area contributed by atoms with E-state index in [1.165, 1.54) is 0 Å². The van der Waals surface area contributed by atoms with E-state index in [1.54, 1.807) is 42.7 Å². The van der Waals surface area contributed by atoms with Gasteiger partial charge in [-0.25, -0.2) is 4.79 Å². The second-order valence-corrected chi connectivity index (χ2v) is 7.38. The zero-order valence-corrected chi connectivity index (χ0v) is 18.0. The maximum atomic E-state index is 12.3. The van der Waals surface area contributed by atoms with Crippen LogP contribution in [-0.4, -0.2) is 22.1 Å². The number of hydrogen-bond acceptors (Lipinski definition) is 6. The summed E-state index contributed by atoms with van der Waals surface area (Å²) in [5, 5.41) is 16.3. The Morgan fingerprint density at radius 2 is 1.64 bits per heavy atom. The van der Waals surface area contributed by atoms with Gasteiger partial charge in [0, 0.05) is 29.8 Å².